The summed E-state index contributed by atoms with van der Waals surface area (Å²) in [5.74, 6) is 0. The van der Waals surface area contributed by atoms with Crippen LogP contribution in [0.25, 0.3) is 0 Å². The van der Waals surface area contributed by atoms with Gasteiger partial charge in [0, 0.05) is 9.75 Å². The number of aliphatic hydroxyl groups excluding tert-OH is 2. The third-order valence-electron chi connectivity index (χ3n) is 1.26. The van der Waals surface area contributed by atoms with Crippen LogP contribution >= 0.6 is 11.3 Å². The molecule has 2 nitrogen and oxygen atoms in total. The molecular formula is C7H10O2S. The van der Waals surface area contributed by atoms with Gasteiger partial charge in [-0.3, -0.25) is 0 Å². The molecule has 1 heterocycles. The predicted molar refractivity (Wildman–Crippen MR) is 41.1 cm³/mol. The second-order valence-electron chi connectivity index (χ2n) is 2.15. The third kappa shape index (κ3) is 1.56. The molecule has 0 saturated heterocycles. The van der Waals surface area contributed by atoms with Crippen LogP contribution in [-0.2, 0) is 0 Å². The minimum atomic E-state index is -0.696. The maximum absolute atomic E-state index is 9.10. The SMILES string of the molecule is Cc1ccc(C(O)CO)s1. The second-order valence-corrected chi connectivity index (χ2v) is 3.47. The number of aryl methyl sites for hydroxylation is 1. The van der Waals surface area contributed by atoms with Crippen LogP contribution < -0.4 is 0 Å². The van der Waals surface area contributed by atoms with Crippen LogP contribution in [0, 0.1) is 6.92 Å². The van der Waals surface area contributed by atoms with E-state index < -0.39 is 6.10 Å². The molecule has 3 heteroatoms. The van der Waals surface area contributed by atoms with Crippen molar-refractivity contribution in [3.8, 4) is 0 Å². The maximum Gasteiger partial charge on any atom is 0.111 e. The molecule has 0 spiro atoms. The Balaban J connectivity index is 2.74. The van der Waals surface area contributed by atoms with E-state index in [0.29, 0.717) is 0 Å². The first kappa shape index (κ1) is 7.72. The minimum absolute atomic E-state index is 0.194. The fraction of sp³-hybridized carbons (Fsp3) is 0.429. The second kappa shape index (κ2) is 3.14. The summed E-state index contributed by atoms with van der Waals surface area (Å²) in [4.78, 5) is 1.99. The van der Waals surface area contributed by atoms with Crippen molar-refractivity contribution in [2.45, 2.75) is 13.0 Å². The molecule has 0 aliphatic heterocycles. The first-order chi connectivity index (χ1) is 4.74. The lowest BCUT2D eigenvalue weighted by Crippen LogP contribution is -1.98. The summed E-state index contributed by atoms with van der Waals surface area (Å²) in [5, 5.41) is 17.7. The van der Waals surface area contributed by atoms with Crippen LogP contribution in [-0.4, -0.2) is 16.8 Å². The molecular weight excluding hydrogens is 148 g/mol. The molecule has 0 aliphatic carbocycles. The van der Waals surface area contributed by atoms with Gasteiger partial charge in [0.2, 0.25) is 0 Å². The molecule has 0 saturated carbocycles. The van der Waals surface area contributed by atoms with Gasteiger partial charge in [-0.15, -0.1) is 11.3 Å². The highest BCUT2D eigenvalue weighted by molar-refractivity contribution is 7.12. The van der Waals surface area contributed by atoms with Crippen molar-refractivity contribution in [1.82, 2.24) is 0 Å². The van der Waals surface area contributed by atoms with E-state index in [1.54, 1.807) is 0 Å². The van der Waals surface area contributed by atoms with Gasteiger partial charge in [0.25, 0.3) is 0 Å². The monoisotopic (exact) mass is 158 g/mol. The average Bonchev–Trinajstić information content (AvgIpc) is 2.34. The van der Waals surface area contributed by atoms with Crippen LogP contribution in [0.4, 0.5) is 0 Å². The van der Waals surface area contributed by atoms with Crippen LogP contribution in [0.3, 0.4) is 0 Å². The lowest BCUT2D eigenvalue weighted by molar-refractivity contribution is 0.0984. The lowest BCUT2D eigenvalue weighted by Gasteiger charge is -2.01. The van der Waals surface area contributed by atoms with Crippen molar-refractivity contribution in [2.24, 2.45) is 0 Å². The molecule has 0 amide bonds. The van der Waals surface area contributed by atoms with Gasteiger partial charge in [0.15, 0.2) is 0 Å². The van der Waals surface area contributed by atoms with Gasteiger partial charge in [0.05, 0.1) is 6.61 Å². The zero-order valence-corrected chi connectivity index (χ0v) is 6.56. The normalized spacial score (nSPS) is 13.5. The van der Waals surface area contributed by atoms with Gasteiger partial charge < -0.3 is 10.2 Å². The van der Waals surface area contributed by atoms with Gasteiger partial charge in [-0.05, 0) is 19.1 Å². The Morgan fingerprint density at radius 2 is 2.30 bits per heavy atom. The van der Waals surface area contributed by atoms with E-state index in [-0.39, 0.29) is 6.61 Å². The summed E-state index contributed by atoms with van der Waals surface area (Å²) in [6.07, 6.45) is -0.696. The zero-order valence-electron chi connectivity index (χ0n) is 5.74. The predicted octanol–water partition coefficient (Wildman–Crippen LogP) is 1.08. The fourth-order valence-electron chi connectivity index (χ4n) is 0.722. The van der Waals surface area contributed by atoms with Crippen molar-refractivity contribution in [3.05, 3.63) is 21.9 Å². The Labute approximate surface area is 63.8 Å². The molecule has 2 N–H and O–H groups in total. The van der Waals surface area contributed by atoms with Crippen molar-refractivity contribution in [2.75, 3.05) is 6.61 Å². The summed E-state index contributed by atoms with van der Waals surface area (Å²) < 4.78 is 0. The fourth-order valence-corrected chi connectivity index (χ4v) is 1.58. The molecule has 1 rings (SSSR count). The first-order valence-corrected chi connectivity index (χ1v) is 3.91. The van der Waals surface area contributed by atoms with Gasteiger partial charge in [-0.1, -0.05) is 0 Å². The van der Waals surface area contributed by atoms with E-state index in [1.807, 2.05) is 19.1 Å². The van der Waals surface area contributed by atoms with Crippen LogP contribution in [0.1, 0.15) is 15.9 Å². The van der Waals surface area contributed by atoms with Gasteiger partial charge in [-0.25, -0.2) is 0 Å². The van der Waals surface area contributed by atoms with E-state index in [4.69, 9.17) is 10.2 Å². The number of thiophene rings is 1. The quantitative estimate of drug-likeness (QED) is 0.676. The molecule has 0 bridgehead atoms. The van der Waals surface area contributed by atoms with Gasteiger partial charge in [-0.2, -0.15) is 0 Å². The zero-order chi connectivity index (χ0) is 7.56. The van der Waals surface area contributed by atoms with Gasteiger partial charge >= 0.3 is 0 Å². The number of hydrogen-bond donors (Lipinski definition) is 2. The van der Waals surface area contributed by atoms with Crippen LogP contribution in [0.5, 0.6) is 0 Å². The number of aliphatic hydroxyl groups is 2. The van der Waals surface area contributed by atoms with Crippen LogP contribution in [0.15, 0.2) is 12.1 Å². The first-order valence-electron chi connectivity index (χ1n) is 3.09. The molecule has 1 unspecified atom stereocenters. The van der Waals surface area contributed by atoms with Crippen LogP contribution in [0.2, 0.25) is 0 Å². The summed E-state index contributed by atoms with van der Waals surface area (Å²) in [5.41, 5.74) is 0. The van der Waals surface area contributed by atoms with Gasteiger partial charge in [0.1, 0.15) is 6.10 Å². The van der Waals surface area contributed by atoms with Crippen molar-refractivity contribution < 1.29 is 10.2 Å². The summed E-state index contributed by atoms with van der Waals surface area (Å²) in [6.45, 7) is 1.78. The van der Waals surface area contributed by atoms with E-state index in [0.717, 1.165) is 9.75 Å². The van der Waals surface area contributed by atoms with Crippen molar-refractivity contribution in [3.63, 3.8) is 0 Å². The molecule has 1 aromatic rings. The third-order valence-corrected chi connectivity index (χ3v) is 2.36. The Bertz CT molecular complexity index is 207. The number of rotatable bonds is 2. The largest absolute Gasteiger partial charge is 0.393 e. The topological polar surface area (TPSA) is 40.5 Å². The Morgan fingerprint density at radius 3 is 2.70 bits per heavy atom. The van der Waals surface area contributed by atoms with E-state index in [9.17, 15) is 0 Å². The van der Waals surface area contributed by atoms with Crippen molar-refractivity contribution in [1.29, 1.82) is 0 Å². The highest BCUT2D eigenvalue weighted by atomic mass is 32.1. The molecule has 0 aliphatic rings. The lowest BCUT2D eigenvalue weighted by atomic mass is 10.3. The summed E-state index contributed by atoms with van der Waals surface area (Å²) in [6, 6.07) is 3.76. The van der Waals surface area contributed by atoms with E-state index >= 15 is 0 Å². The Morgan fingerprint density at radius 1 is 1.60 bits per heavy atom. The minimum Gasteiger partial charge on any atom is -0.393 e. The number of hydrogen-bond acceptors (Lipinski definition) is 3. The average molecular weight is 158 g/mol. The van der Waals surface area contributed by atoms with Crippen molar-refractivity contribution >= 4 is 11.3 Å². The molecule has 10 heavy (non-hydrogen) atoms. The molecule has 1 atom stereocenters. The molecule has 0 aromatic carbocycles. The molecule has 0 radical (unpaired) electrons. The summed E-state index contributed by atoms with van der Waals surface area (Å²) >= 11 is 1.51. The summed E-state index contributed by atoms with van der Waals surface area (Å²) in [7, 11) is 0. The standard InChI is InChI=1S/C7H10O2S/c1-5-2-3-7(10-5)6(9)4-8/h2-3,6,8-9H,4H2,1H3. The molecule has 1 aromatic heterocycles. The highest BCUT2D eigenvalue weighted by Gasteiger charge is 2.06. The van der Waals surface area contributed by atoms with E-state index in [2.05, 4.69) is 0 Å². The molecule has 56 valence electrons. The Hall–Kier alpha value is -0.380. The van der Waals surface area contributed by atoms with E-state index in [1.165, 1.54) is 11.3 Å². The highest BCUT2D eigenvalue weighted by Crippen LogP contribution is 2.21. The molecule has 0 fully saturated rings. The maximum atomic E-state index is 9.10. The smallest absolute Gasteiger partial charge is 0.111 e. The Kier molecular flexibility index (Phi) is 2.43.